The van der Waals surface area contributed by atoms with Crippen molar-refractivity contribution in [2.75, 3.05) is 20.2 Å². The Morgan fingerprint density at radius 1 is 1.44 bits per heavy atom. The fourth-order valence-electron chi connectivity index (χ4n) is 1.25. The minimum atomic E-state index is -4.40. The van der Waals surface area contributed by atoms with Gasteiger partial charge in [-0.25, -0.2) is 4.57 Å². The molecule has 0 aliphatic heterocycles. The molecule has 6 nitrogen and oxygen atoms in total. The van der Waals surface area contributed by atoms with E-state index in [9.17, 15) is 9.36 Å². The molecule has 0 aromatic rings. The number of phosphoric acid groups is 1. The number of hydrogen-bond donors (Lipinski definition) is 2. The predicted octanol–water partition coefficient (Wildman–Crippen LogP) is 0.990. The van der Waals surface area contributed by atoms with Gasteiger partial charge in [-0.05, 0) is 12.3 Å². The topological polar surface area (TPSA) is 87.1 Å². The third-order valence-electron chi connectivity index (χ3n) is 1.86. The maximum Gasteiger partial charge on any atom is 0.469 e. The van der Waals surface area contributed by atoms with Crippen LogP contribution in [0.15, 0.2) is 0 Å². The fraction of sp³-hybridized carbons (Fsp3) is 0.889. The fourth-order valence-corrected chi connectivity index (χ4v) is 1.61. The highest BCUT2D eigenvalue weighted by molar-refractivity contribution is 7.46. The van der Waals surface area contributed by atoms with Crippen LogP contribution in [0, 0.1) is 5.92 Å². The second-order valence-electron chi connectivity index (χ2n) is 4.10. The van der Waals surface area contributed by atoms with Gasteiger partial charge in [-0.15, -0.1) is 0 Å². The van der Waals surface area contributed by atoms with E-state index in [2.05, 4.69) is 4.52 Å². The molecule has 0 atom stereocenters. The quantitative estimate of drug-likeness (QED) is 0.522. The van der Waals surface area contributed by atoms with Crippen LogP contribution in [0.5, 0.6) is 0 Å². The van der Waals surface area contributed by atoms with Gasteiger partial charge in [-0.3, -0.25) is 9.32 Å². The molecule has 0 aromatic heterocycles. The zero-order valence-corrected chi connectivity index (χ0v) is 10.8. The summed E-state index contributed by atoms with van der Waals surface area (Å²) in [6.45, 7) is 4.60. The van der Waals surface area contributed by atoms with E-state index < -0.39 is 7.82 Å². The Hall–Kier alpha value is -0.420. The Morgan fingerprint density at radius 2 is 2.00 bits per heavy atom. The summed E-state index contributed by atoms with van der Waals surface area (Å²) >= 11 is 0. The van der Waals surface area contributed by atoms with E-state index in [0.717, 1.165) is 0 Å². The van der Waals surface area contributed by atoms with Crippen molar-refractivity contribution in [3.05, 3.63) is 0 Å². The van der Waals surface area contributed by atoms with E-state index in [1.54, 1.807) is 11.9 Å². The predicted molar refractivity (Wildman–Crippen MR) is 59.7 cm³/mol. The molecule has 2 N–H and O–H groups in total. The van der Waals surface area contributed by atoms with E-state index in [0.29, 0.717) is 18.9 Å². The SMILES string of the molecule is CC(C)CN(C)C(=O)CCCOP(=O)(O)O. The van der Waals surface area contributed by atoms with Crippen molar-refractivity contribution in [3.63, 3.8) is 0 Å². The van der Waals surface area contributed by atoms with Gasteiger partial charge < -0.3 is 14.7 Å². The van der Waals surface area contributed by atoms with Gasteiger partial charge in [0.05, 0.1) is 6.61 Å². The zero-order valence-electron chi connectivity index (χ0n) is 9.92. The average molecular weight is 253 g/mol. The molecule has 0 heterocycles. The standard InChI is InChI=1S/C9H20NO5P/c1-8(2)7-10(3)9(11)5-4-6-15-16(12,13)14/h8H,4-7H2,1-3H3,(H2,12,13,14). The van der Waals surface area contributed by atoms with Crippen molar-refractivity contribution < 1.29 is 23.7 Å². The van der Waals surface area contributed by atoms with Gasteiger partial charge in [-0.2, -0.15) is 0 Å². The molecule has 0 spiro atoms. The van der Waals surface area contributed by atoms with Crippen molar-refractivity contribution in [1.29, 1.82) is 0 Å². The van der Waals surface area contributed by atoms with E-state index in [1.807, 2.05) is 13.8 Å². The lowest BCUT2D eigenvalue weighted by Gasteiger charge is -2.19. The van der Waals surface area contributed by atoms with E-state index in [1.165, 1.54) is 0 Å². The summed E-state index contributed by atoms with van der Waals surface area (Å²) < 4.78 is 14.6. The van der Waals surface area contributed by atoms with Gasteiger partial charge in [0.15, 0.2) is 0 Å². The molecule has 0 saturated heterocycles. The van der Waals surface area contributed by atoms with Gasteiger partial charge in [0.25, 0.3) is 0 Å². The lowest BCUT2D eigenvalue weighted by Crippen LogP contribution is -2.30. The molecule has 0 aromatic carbocycles. The number of rotatable bonds is 7. The summed E-state index contributed by atoms with van der Waals surface area (Å²) in [7, 11) is -2.68. The summed E-state index contributed by atoms with van der Waals surface area (Å²) in [5, 5.41) is 0. The Bertz CT molecular complexity index is 263. The normalized spacial score (nSPS) is 11.9. The van der Waals surface area contributed by atoms with Crippen LogP contribution in [0.25, 0.3) is 0 Å². The van der Waals surface area contributed by atoms with Gasteiger partial charge in [0.2, 0.25) is 5.91 Å². The Balaban J connectivity index is 3.69. The van der Waals surface area contributed by atoms with Crippen molar-refractivity contribution in [3.8, 4) is 0 Å². The van der Waals surface area contributed by atoms with Crippen molar-refractivity contribution in [2.45, 2.75) is 26.7 Å². The minimum Gasteiger partial charge on any atom is -0.346 e. The Labute approximate surface area is 95.8 Å². The zero-order chi connectivity index (χ0) is 12.8. The molecule has 96 valence electrons. The first-order chi connectivity index (χ1) is 7.22. The lowest BCUT2D eigenvalue weighted by atomic mass is 10.2. The highest BCUT2D eigenvalue weighted by atomic mass is 31.2. The number of amides is 1. The molecule has 1 amide bonds. The molecule has 0 saturated carbocycles. The highest BCUT2D eigenvalue weighted by Gasteiger charge is 2.14. The minimum absolute atomic E-state index is 0.0389. The van der Waals surface area contributed by atoms with Crippen LogP contribution in [0.1, 0.15) is 26.7 Å². The van der Waals surface area contributed by atoms with Crippen LogP contribution in [0.3, 0.4) is 0 Å². The molecule has 0 radical (unpaired) electrons. The van der Waals surface area contributed by atoms with Crippen LogP contribution in [0.2, 0.25) is 0 Å². The van der Waals surface area contributed by atoms with Crippen LogP contribution < -0.4 is 0 Å². The average Bonchev–Trinajstić information content (AvgIpc) is 2.09. The second-order valence-corrected chi connectivity index (χ2v) is 5.33. The van der Waals surface area contributed by atoms with Gasteiger partial charge >= 0.3 is 7.82 Å². The summed E-state index contributed by atoms with van der Waals surface area (Å²) in [6, 6.07) is 0. The largest absolute Gasteiger partial charge is 0.469 e. The van der Waals surface area contributed by atoms with Gasteiger partial charge in [-0.1, -0.05) is 13.8 Å². The Kier molecular flexibility index (Phi) is 6.83. The van der Waals surface area contributed by atoms with Crippen molar-refractivity contribution in [1.82, 2.24) is 4.90 Å². The molecule has 0 aliphatic carbocycles. The van der Waals surface area contributed by atoms with Gasteiger partial charge in [0, 0.05) is 20.0 Å². The summed E-state index contributed by atoms with van der Waals surface area (Å²) in [5.41, 5.74) is 0. The molecular weight excluding hydrogens is 233 g/mol. The molecule has 7 heteroatoms. The summed E-state index contributed by atoms with van der Waals surface area (Å²) in [4.78, 5) is 29.9. The van der Waals surface area contributed by atoms with Gasteiger partial charge in [0.1, 0.15) is 0 Å². The molecule has 16 heavy (non-hydrogen) atoms. The van der Waals surface area contributed by atoms with Crippen molar-refractivity contribution in [2.24, 2.45) is 5.92 Å². The number of nitrogens with zero attached hydrogens (tertiary/aromatic N) is 1. The third-order valence-corrected chi connectivity index (χ3v) is 2.38. The maximum atomic E-state index is 11.5. The van der Waals surface area contributed by atoms with Crippen LogP contribution in [-0.2, 0) is 13.9 Å². The van der Waals surface area contributed by atoms with Crippen LogP contribution in [0.4, 0.5) is 0 Å². The number of hydrogen-bond acceptors (Lipinski definition) is 3. The van der Waals surface area contributed by atoms with Crippen LogP contribution in [-0.4, -0.2) is 40.8 Å². The van der Waals surface area contributed by atoms with Crippen LogP contribution >= 0.6 is 7.82 Å². The first kappa shape index (κ1) is 15.6. The first-order valence-corrected chi connectivity index (χ1v) is 6.69. The highest BCUT2D eigenvalue weighted by Crippen LogP contribution is 2.35. The molecule has 0 unspecified atom stereocenters. The smallest absolute Gasteiger partial charge is 0.346 e. The van der Waals surface area contributed by atoms with Crippen molar-refractivity contribution >= 4 is 13.7 Å². The van der Waals surface area contributed by atoms with E-state index in [4.69, 9.17) is 9.79 Å². The monoisotopic (exact) mass is 253 g/mol. The molecule has 0 rings (SSSR count). The molecular formula is C9H20NO5P. The second kappa shape index (κ2) is 7.01. The third kappa shape index (κ3) is 8.85. The molecule has 0 fully saturated rings. The number of phosphoric ester groups is 1. The number of carbonyl (C=O) groups excluding carboxylic acids is 1. The van der Waals surface area contributed by atoms with E-state index in [-0.39, 0.29) is 18.9 Å². The lowest BCUT2D eigenvalue weighted by molar-refractivity contribution is -0.130. The maximum absolute atomic E-state index is 11.5. The molecule has 0 aliphatic rings. The number of carbonyl (C=O) groups is 1. The molecule has 0 bridgehead atoms. The summed E-state index contributed by atoms with van der Waals surface area (Å²) in [6.07, 6.45) is 0.551. The first-order valence-electron chi connectivity index (χ1n) is 5.16. The van der Waals surface area contributed by atoms with E-state index >= 15 is 0 Å². The Morgan fingerprint density at radius 3 is 2.44 bits per heavy atom. The summed E-state index contributed by atoms with van der Waals surface area (Å²) in [5.74, 6) is 0.364.